The van der Waals surface area contributed by atoms with Gasteiger partial charge in [-0.15, -0.1) is 0 Å². The zero-order chi connectivity index (χ0) is 10.6. The van der Waals surface area contributed by atoms with Gasteiger partial charge in [0.15, 0.2) is 0 Å². The number of halogens is 2. The van der Waals surface area contributed by atoms with Gasteiger partial charge in [0.05, 0.1) is 0 Å². The predicted octanol–water partition coefficient (Wildman–Crippen LogP) is 4.05. The molecule has 0 unspecified atom stereocenters. The van der Waals surface area contributed by atoms with Crippen molar-refractivity contribution in [2.75, 3.05) is 0 Å². The minimum absolute atomic E-state index is 0.287. The molecule has 0 atom stereocenters. The fourth-order valence-corrected chi connectivity index (χ4v) is 2.08. The Balaban J connectivity index is 2.54. The molecule has 0 aromatic rings. The highest BCUT2D eigenvalue weighted by Gasteiger charge is 2.20. The van der Waals surface area contributed by atoms with E-state index in [9.17, 15) is 4.79 Å². The molecule has 1 aliphatic rings. The molecular formula is C10H12BrIO2. The first-order valence-electron chi connectivity index (χ1n) is 4.63. The van der Waals surface area contributed by atoms with E-state index in [0.29, 0.717) is 10.2 Å². The van der Waals surface area contributed by atoms with Gasteiger partial charge in [0.1, 0.15) is 10.2 Å². The maximum Gasteiger partial charge on any atom is 0.350 e. The third-order valence-corrected chi connectivity index (χ3v) is 3.55. The van der Waals surface area contributed by atoms with Crippen LogP contribution in [0.25, 0.3) is 0 Å². The zero-order valence-corrected chi connectivity index (χ0v) is 11.7. The molecule has 0 amide bonds. The van der Waals surface area contributed by atoms with E-state index < -0.39 is 0 Å². The van der Waals surface area contributed by atoms with E-state index in [1.165, 1.54) is 12.8 Å². The standard InChI is InChI=1S/C10H12BrIO2/c1-2-3-4-5-8(12)9-6-7(11)10(13)14-9/h6H,2-5H2,1H3/b9-8+. The molecule has 0 aromatic heterocycles. The van der Waals surface area contributed by atoms with E-state index in [1.54, 1.807) is 6.08 Å². The first-order valence-corrected chi connectivity index (χ1v) is 6.50. The zero-order valence-electron chi connectivity index (χ0n) is 7.98. The van der Waals surface area contributed by atoms with Crippen molar-refractivity contribution in [3.05, 3.63) is 19.9 Å². The Morgan fingerprint density at radius 3 is 2.79 bits per heavy atom. The molecule has 0 aliphatic carbocycles. The third kappa shape index (κ3) is 3.38. The molecule has 1 rings (SSSR count). The molecule has 0 aromatic carbocycles. The lowest BCUT2D eigenvalue weighted by atomic mass is 10.2. The summed E-state index contributed by atoms with van der Waals surface area (Å²) in [6.45, 7) is 2.17. The van der Waals surface area contributed by atoms with Gasteiger partial charge >= 0.3 is 5.97 Å². The minimum Gasteiger partial charge on any atom is -0.422 e. The largest absolute Gasteiger partial charge is 0.422 e. The predicted molar refractivity (Wildman–Crippen MR) is 68.3 cm³/mol. The van der Waals surface area contributed by atoms with Crippen molar-refractivity contribution in [1.29, 1.82) is 0 Å². The van der Waals surface area contributed by atoms with Gasteiger partial charge < -0.3 is 4.74 Å². The summed E-state index contributed by atoms with van der Waals surface area (Å²) in [6.07, 6.45) is 6.32. The van der Waals surface area contributed by atoms with E-state index in [4.69, 9.17) is 4.74 Å². The highest BCUT2D eigenvalue weighted by atomic mass is 127. The maximum atomic E-state index is 11.0. The van der Waals surface area contributed by atoms with Crippen LogP contribution in [0.3, 0.4) is 0 Å². The molecule has 0 fully saturated rings. The number of unbranched alkanes of at least 4 members (excludes halogenated alkanes) is 2. The number of hydrogen-bond donors (Lipinski definition) is 0. The number of esters is 1. The number of rotatable bonds is 4. The molecule has 0 bridgehead atoms. The molecule has 0 saturated carbocycles. The molecule has 0 saturated heterocycles. The Kier molecular flexibility index (Phi) is 5.15. The van der Waals surface area contributed by atoms with Gasteiger partial charge in [-0.05, 0) is 51.4 Å². The van der Waals surface area contributed by atoms with Crippen LogP contribution in [0.15, 0.2) is 19.9 Å². The molecule has 14 heavy (non-hydrogen) atoms. The lowest BCUT2D eigenvalue weighted by Crippen LogP contribution is -1.94. The smallest absolute Gasteiger partial charge is 0.350 e. The second-order valence-electron chi connectivity index (χ2n) is 3.11. The topological polar surface area (TPSA) is 26.3 Å². The van der Waals surface area contributed by atoms with Crippen LogP contribution in [0, 0.1) is 0 Å². The first-order chi connectivity index (χ1) is 6.65. The van der Waals surface area contributed by atoms with Gasteiger partial charge in [0, 0.05) is 9.66 Å². The molecule has 2 nitrogen and oxygen atoms in total. The molecule has 0 radical (unpaired) electrons. The molecule has 1 aliphatic heterocycles. The first kappa shape index (κ1) is 12.2. The number of hydrogen-bond acceptors (Lipinski definition) is 2. The van der Waals surface area contributed by atoms with Gasteiger partial charge in [0.2, 0.25) is 0 Å². The van der Waals surface area contributed by atoms with Crippen LogP contribution in [0.1, 0.15) is 32.6 Å². The molecule has 78 valence electrons. The summed E-state index contributed by atoms with van der Waals surface area (Å²) in [5.74, 6) is 0.420. The summed E-state index contributed by atoms with van der Waals surface area (Å²) >= 11 is 5.38. The Labute approximate surface area is 106 Å². The average Bonchev–Trinajstić information content (AvgIpc) is 2.47. The Morgan fingerprint density at radius 2 is 2.29 bits per heavy atom. The second-order valence-corrected chi connectivity index (χ2v) is 5.26. The number of allylic oxidation sites excluding steroid dienone is 2. The maximum absolute atomic E-state index is 11.0. The van der Waals surface area contributed by atoms with E-state index in [-0.39, 0.29) is 5.97 Å². The number of cyclic esters (lactones) is 1. The van der Waals surface area contributed by atoms with Crippen molar-refractivity contribution >= 4 is 44.5 Å². The van der Waals surface area contributed by atoms with Crippen molar-refractivity contribution in [3.63, 3.8) is 0 Å². The summed E-state index contributed by atoms with van der Waals surface area (Å²) in [5, 5.41) is 0. The summed E-state index contributed by atoms with van der Waals surface area (Å²) in [5.41, 5.74) is 0. The SMILES string of the molecule is CCCCC/C(I)=C1/C=C(Br)C(=O)O1. The fourth-order valence-electron chi connectivity index (χ4n) is 1.14. The highest BCUT2D eigenvalue weighted by Crippen LogP contribution is 2.29. The van der Waals surface area contributed by atoms with Crippen LogP contribution in [-0.2, 0) is 9.53 Å². The molecule has 0 spiro atoms. The average molecular weight is 371 g/mol. The van der Waals surface area contributed by atoms with Gasteiger partial charge in [-0.25, -0.2) is 4.79 Å². The van der Waals surface area contributed by atoms with Gasteiger partial charge in [-0.1, -0.05) is 19.8 Å². The van der Waals surface area contributed by atoms with Crippen molar-refractivity contribution in [3.8, 4) is 0 Å². The number of ether oxygens (including phenoxy) is 1. The lowest BCUT2D eigenvalue weighted by molar-refractivity contribution is -0.132. The summed E-state index contributed by atoms with van der Waals surface area (Å²) in [6, 6.07) is 0. The highest BCUT2D eigenvalue weighted by molar-refractivity contribution is 14.1. The number of carbonyl (C=O) groups excluding carboxylic acids is 1. The van der Waals surface area contributed by atoms with Crippen LogP contribution in [-0.4, -0.2) is 5.97 Å². The van der Waals surface area contributed by atoms with Crippen molar-refractivity contribution in [2.24, 2.45) is 0 Å². The van der Waals surface area contributed by atoms with Crippen molar-refractivity contribution in [1.82, 2.24) is 0 Å². The lowest BCUT2D eigenvalue weighted by Gasteiger charge is -2.01. The normalized spacial score (nSPS) is 19.4. The fraction of sp³-hybridized carbons (Fsp3) is 0.500. The summed E-state index contributed by atoms with van der Waals surface area (Å²) < 4.78 is 6.69. The van der Waals surface area contributed by atoms with Crippen molar-refractivity contribution in [2.45, 2.75) is 32.6 Å². The molecular weight excluding hydrogens is 359 g/mol. The number of carbonyl (C=O) groups is 1. The van der Waals surface area contributed by atoms with E-state index in [1.807, 2.05) is 0 Å². The molecule has 4 heteroatoms. The van der Waals surface area contributed by atoms with Crippen LogP contribution in [0.4, 0.5) is 0 Å². The quantitative estimate of drug-likeness (QED) is 0.424. The van der Waals surface area contributed by atoms with Crippen LogP contribution >= 0.6 is 38.5 Å². The molecule has 1 heterocycles. The van der Waals surface area contributed by atoms with Crippen LogP contribution in [0.2, 0.25) is 0 Å². The molecule has 0 N–H and O–H groups in total. The van der Waals surface area contributed by atoms with Crippen molar-refractivity contribution < 1.29 is 9.53 Å². The van der Waals surface area contributed by atoms with Gasteiger partial charge in [0.25, 0.3) is 0 Å². The summed E-state index contributed by atoms with van der Waals surface area (Å²) in [4.78, 5) is 11.0. The minimum atomic E-state index is -0.287. The van der Waals surface area contributed by atoms with E-state index in [2.05, 4.69) is 45.4 Å². The van der Waals surface area contributed by atoms with E-state index >= 15 is 0 Å². The van der Waals surface area contributed by atoms with Gasteiger partial charge in [-0.2, -0.15) is 0 Å². The van der Waals surface area contributed by atoms with E-state index in [0.717, 1.165) is 16.4 Å². The summed E-state index contributed by atoms with van der Waals surface area (Å²) in [7, 11) is 0. The second kappa shape index (κ2) is 5.90. The Hall–Kier alpha value is 0.160. The Morgan fingerprint density at radius 1 is 1.57 bits per heavy atom. The van der Waals surface area contributed by atoms with Crippen LogP contribution < -0.4 is 0 Å². The Bertz CT molecular complexity index is 294. The monoisotopic (exact) mass is 370 g/mol. The third-order valence-electron chi connectivity index (χ3n) is 1.92. The van der Waals surface area contributed by atoms with Gasteiger partial charge in [-0.3, -0.25) is 0 Å². The van der Waals surface area contributed by atoms with Crippen LogP contribution in [0.5, 0.6) is 0 Å².